The zero-order valence-electron chi connectivity index (χ0n) is 24.4. The zero-order valence-corrected chi connectivity index (χ0v) is 25.9. The lowest BCUT2D eigenvalue weighted by molar-refractivity contribution is -0.384. The molecule has 0 aliphatic carbocycles. The molecule has 0 aromatic heterocycles. The summed E-state index contributed by atoms with van der Waals surface area (Å²) in [5, 5.41) is 29.8. The van der Waals surface area contributed by atoms with E-state index in [9.17, 15) is 29.7 Å². The first-order valence-corrected chi connectivity index (χ1v) is 14.6. The average Bonchev–Trinajstić information content (AvgIpc) is 3.19. The van der Waals surface area contributed by atoms with Crippen LogP contribution in [0.4, 0.5) is 26.7 Å². The number of unbranched alkanes of at least 4 members (excludes halogenated alkanes) is 1. The molecule has 4 rings (SSSR count). The number of benzene rings is 3. The second-order valence-electron chi connectivity index (χ2n) is 10.7. The maximum absolute atomic E-state index is 13.8. The van der Waals surface area contributed by atoms with Gasteiger partial charge in [-0.1, -0.05) is 47.5 Å². The summed E-state index contributed by atoms with van der Waals surface area (Å²) >= 11 is 12.2. The predicted molar refractivity (Wildman–Crippen MR) is 171 cm³/mol. The first kappa shape index (κ1) is 33.2. The van der Waals surface area contributed by atoms with Gasteiger partial charge in [0.25, 0.3) is 5.69 Å². The van der Waals surface area contributed by atoms with Gasteiger partial charge >= 0.3 is 12.1 Å². The van der Waals surface area contributed by atoms with Crippen LogP contribution in [0.25, 0.3) is 0 Å². The molecule has 1 heterocycles. The van der Waals surface area contributed by atoms with Crippen LogP contribution in [0, 0.1) is 10.1 Å². The number of carbonyl (C=O) groups excluding carboxylic acids is 3. The molecule has 15 heteroatoms. The molecule has 0 bridgehead atoms. The van der Waals surface area contributed by atoms with Gasteiger partial charge in [-0.3, -0.25) is 25.0 Å². The molecule has 1 aliphatic rings. The quantitative estimate of drug-likeness (QED) is 0.0703. The Kier molecular flexibility index (Phi) is 10.6. The number of halogens is 2. The number of hydrogen-bond acceptors (Lipinski definition) is 7. The SMILES string of the molecule is CC1(C)C(N(O)C(=O)Nc2cccc(Cl)c2)N(c2cccc(Cl)c2)C(=O)N1CCCCC(=O)N/N=C\c1cccc([N+](=O)[O-])c1. The van der Waals surface area contributed by atoms with Crippen LogP contribution in [0.2, 0.25) is 10.0 Å². The van der Waals surface area contributed by atoms with Gasteiger partial charge < -0.3 is 10.2 Å². The van der Waals surface area contributed by atoms with Crippen molar-refractivity contribution in [1.82, 2.24) is 15.4 Å². The number of amides is 5. The molecule has 1 atom stereocenters. The summed E-state index contributed by atoms with van der Waals surface area (Å²) in [6.07, 6.45) is 1.08. The van der Waals surface area contributed by atoms with E-state index in [1.807, 2.05) is 0 Å². The lowest BCUT2D eigenvalue weighted by Gasteiger charge is -2.38. The lowest BCUT2D eigenvalue weighted by atomic mass is 9.99. The van der Waals surface area contributed by atoms with E-state index in [1.54, 1.807) is 62.4 Å². The maximum Gasteiger partial charge on any atom is 0.347 e. The first-order valence-electron chi connectivity index (χ1n) is 13.9. The number of hydrazone groups is 1. The molecule has 13 nitrogen and oxygen atoms in total. The average molecular weight is 657 g/mol. The van der Waals surface area contributed by atoms with Crippen LogP contribution in [-0.2, 0) is 4.79 Å². The summed E-state index contributed by atoms with van der Waals surface area (Å²) in [5.74, 6) is -0.374. The van der Waals surface area contributed by atoms with Crippen molar-refractivity contribution in [2.75, 3.05) is 16.8 Å². The number of non-ortho nitro benzene ring substituents is 1. The van der Waals surface area contributed by atoms with Crippen LogP contribution in [-0.4, -0.2) is 62.5 Å². The van der Waals surface area contributed by atoms with E-state index in [2.05, 4.69) is 15.8 Å². The number of rotatable bonds is 11. The second-order valence-corrected chi connectivity index (χ2v) is 11.6. The number of hydrogen-bond donors (Lipinski definition) is 3. The van der Waals surface area contributed by atoms with E-state index in [1.165, 1.54) is 40.3 Å². The highest BCUT2D eigenvalue weighted by Gasteiger charge is 2.55. The van der Waals surface area contributed by atoms with E-state index in [0.29, 0.717) is 44.9 Å². The number of nitrogens with one attached hydrogen (secondary N) is 2. The number of anilines is 2. The van der Waals surface area contributed by atoms with Gasteiger partial charge in [-0.25, -0.2) is 15.0 Å². The monoisotopic (exact) mass is 655 g/mol. The molecular formula is C30H31Cl2N7O6. The zero-order chi connectivity index (χ0) is 32.7. The maximum atomic E-state index is 13.8. The van der Waals surface area contributed by atoms with Crippen molar-refractivity contribution in [2.45, 2.75) is 44.8 Å². The molecule has 0 radical (unpaired) electrons. The van der Waals surface area contributed by atoms with Gasteiger partial charge in [-0.05, 0) is 63.1 Å². The van der Waals surface area contributed by atoms with Gasteiger partial charge in [0, 0.05) is 52.1 Å². The van der Waals surface area contributed by atoms with E-state index >= 15 is 0 Å². The van der Waals surface area contributed by atoms with Crippen LogP contribution < -0.4 is 15.6 Å². The Hall–Kier alpha value is -4.72. The minimum Gasteiger partial charge on any atom is -0.315 e. The third-order valence-electron chi connectivity index (χ3n) is 7.13. The van der Waals surface area contributed by atoms with Crippen molar-refractivity contribution in [3.8, 4) is 0 Å². The predicted octanol–water partition coefficient (Wildman–Crippen LogP) is 6.49. The number of nitro benzene ring substituents is 1. The Balaban J connectivity index is 1.42. The second kappa shape index (κ2) is 14.4. The molecule has 3 N–H and O–H groups in total. The molecule has 1 saturated heterocycles. The highest BCUT2D eigenvalue weighted by molar-refractivity contribution is 6.31. The molecule has 3 aromatic carbocycles. The third kappa shape index (κ3) is 8.06. The van der Waals surface area contributed by atoms with Gasteiger partial charge in [0.2, 0.25) is 5.91 Å². The van der Waals surface area contributed by atoms with Gasteiger partial charge in [-0.2, -0.15) is 10.2 Å². The standard InChI is InChI=1S/C30H31Cl2N7O6/c1-30(2)27(38(43)28(41)34-23-11-6-9-21(31)17-23)37(24-12-7-10-22(32)18-24)29(42)36(30)15-4-3-14-26(40)35-33-19-20-8-5-13-25(16-20)39(44)45/h5-13,16-19,27,43H,3-4,14-15H2,1-2H3,(H,34,41)(H,35,40)/b33-19-. The Morgan fingerprint density at radius 1 is 1.07 bits per heavy atom. The Morgan fingerprint density at radius 2 is 1.76 bits per heavy atom. The van der Waals surface area contributed by atoms with Crippen LogP contribution >= 0.6 is 23.2 Å². The van der Waals surface area contributed by atoms with Gasteiger partial charge in [0.05, 0.1) is 16.7 Å². The van der Waals surface area contributed by atoms with Crippen molar-refractivity contribution < 1.29 is 24.5 Å². The van der Waals surface area contributed by atoms with Crippen molar-refractivity contribution >= 4 is 64.4 Å². The highest BCUT2D eigenvalue weighted by atomic mass is 35.5. The van der Waals surface area contributed by atoms with Crippen molar-refractivity contribution in [2.24, 2.45) is 5.10 Å². The highest BCUT2D eigenvalue weighted by Crippen LogP contribution is 2.39. The van der Waals surface area contributed by atoms with E-state index < -0.39 is 28.7 Å². The smallest absolute Gasteiger partial charge is 0.315 e. The van der Waals surface area contributed by atoms with Crippen LogP contribution in [0.5, 0.6) is 0 Å². The van der Waals surface area contributed by atoms with E-state index in [-0.39, 0.29) is 24.6 Å². The molecular weight excluding hydrogens is 625 g/mol. The summed E-state index contributed by atoms with van der Waals surface area (Å²) in [6.45, 7) is 3.67. The van der Waals surface area contributed by atoms with Crippen LogP contribution in [0.1, 0.15) is 38.7 Å². The summed E-state index contributed by atoms with van der Waals surface area (Å²) in [6, 6.07) is 17.4. The minimum absolute atomic E-state index is 0.0908. The largest absolute Gasteiger partial charge is 0.347 e. The third-order valence-corrected chi connectivity index (χ3v) is 7.60. The molecule has 0 saturated carbocycles. The normalized spacial score (nSPS) is 15.8. The van der Waals surface area contributed by atoms with Crippen molar-refractivity contribution in [3.05, 3.63) is 98.5 Å². The van der Waals surface area contributed by atoms with Crippen molar-refractivity contribution in [3.63, 3.8) is 0 Å². The van der Waals surface area contributed by atoms with Gasteiger partial charge in [0.15, 0.2) is 6.17 Å². The molecule has 45 heavy (non-hydrogen) atoms. The number of nitro groups is 1. The van der Waals surface area contributed by atoms with Gasteiger partial charge in [0.1, 0.15) is 0 Å². The Labute approximate surface area is 269 Å². The molecule has 5 amide bonds. The summed E-state index contributed by atoms with van der Waals surface area (Å²) < 4.78 is 0. The topological polar surface area (TPSA) is 161 Å². The Morgan fingerprint density at radius 3 is 2.44 bits per heavy atom. The number of nitrogens with zero attached hydrogens (tertiary/aromatic N) is 5. The van der Waals surface area contributed by atoms with E-state index in [4.69, 9.17) is 23.2 Å². The van der Waals surface area contributed by atoms with Crippen LogP contribution in [0.15, 0.2) is 77.9 Å². The lowest BCUT2D eigenvalue weighted by Crippen LogP contribution is -2.58. The molecule has 3 aromatic rings. The fourth-order valence-corrected chi connectivity index (χ4v) is 5.35. The molecule has 1 fully saturated rings. The minimum atomic E-state index is -1.16. The summed E-state index contributed by atoms with van der Waals surface area (Å²) in [7, 11) is 0. The molecule has 236 valence electrons. The molecule has 1 aliphatic heterocycles. The van der Waals surface area contributed by atoms with Gasteiger partial charge in [-0.15, -0.1) is 0 Å². The number of hydroxylamine groups is 2. The molecule has 1 unspecified atom stereocenters. The molecule has 0 spiro atoms. The van der Waals surface area contributed by atoms with Crippen molar-refractivity contribution in [1.29, 1.82) is 0 Å². The fourth-order valence-electron chi connectivity index (χ4n) is 4.97. The van der Waals surface area contributed by atoms with E-state index in [0.717, 1.165) is 0 Å². The number of urea groups is 2. The fraction of sp³-hybridized carbons (Fsp3) is 0.267. The Bertz CT molecular complexity index is 1620. The number of carbonyl (C=O) groups is 3. The summed E-state index contributed by atoms with van der Waals surface area (Å²) in [4.78, 5) is 52.6. The van der Waals surface area contributed by atoms with Crippen LogP contribution in [0.3, 0.4) is 0 Å². The first-order chi connectivity index (χ1) is 21.4. The summed E-state index contributed by atoms with van der Waals surface area (Å²) in [5.41, 5.74) is 2.40.